The van der Waals surface area contributed by atoms with Crippen molar-refractivity contribution in [2.45, 2.75) is 39.2 Å². The Kier molecular flexibility index (Phi) is 8.34. The molecule has 0 bridgehead atoms. The quantitative estimate of drug-likeness (QED) is 0.311. The van der Waals surface area contributed by atoms with Gasteiger partial charge in [-0.05, 0) is 62.4 Å². The molecule has 2 aromatic carbocycles. The van der Waals surface area contributed by atoms with Crippen LogP contribution in [0.1, 0.15) is 60.6 Å². The number of amidine groups is 1. The van der Waals surface area contributed by atoms with Gasteiger partial charge in [-0.15, -0.1) is 0 Å². The summed E-state index contributed by atoms with van der Waals surface area (Å²) in [5, 5.41) is 19.7. The van der Waals surface area contributed by atoms with E-state index < -0.39 is 17.4 Å². The molecule has 1 aliphatic heterocycles. The van der Waals surface area contributed by atoms with Crippen LogP contribution < -0.4 is 15.8 Å². The molecular weight excluding hydrogens is 460 g/mol. The highest BCUT2D eigenvalue weighted by Crippen LogP contribution is 2.37. The third kappa shape index (κ3) is 6.21. The number of nitrogen functional groups attached to an aromatic ring is 1. The number of piperidine rings is 1. The van der Waals surface area contributed by atoms with E-state index in [1.807, 2.05) is 26.0 Å². The van der Waals surface area contributed by atoms with Crippen LogP contribution >= 0.6 is 0 Å². The third-order valence-corrected chi connectivity index (χ3v) is 6.82. The van der Waals surface area contributed by atoms with Gasteiger partial charge in [-0.2, -0.15) is 0 Å². The third-order valence-electron chi connectivity index (χ3n) is 6.82. The lowest BCUT2D eigenvalue weighted by atomic mass is 9.78. The molecule has 0 radical (unpaired) electrons. The van der Waals surface area contributed by atoms with E-state index >= 15 is 0 Å². The Morgan fingerprint density at radius 1 is 1.08 bits per heavy atom. The van der Waals surface area contributed by atoms with Crippen LogP contribution in [0.3, 0.4) is 0 Å². The predicted molar refractivity (Wildman–Crippen MR) is 136 cm³/mol. The number of methoxy groups -OCH3 is 1. The van der Waals surface area contributed by atoms with E-state index in [-0.39, 0.29) is 30.0 Å². The van der Waals surface area contributed by atoms with Gasteiger partial charge in [-0.1, -0.05) is 24.3 Å². The zero-order valence-corrected chi connectivity index (χ0v) is 20.9. The van der Waals surface area contributed by atoms with E-state index in [1.165, 1.54) is 0 Å². The molecule has 2 amide bonds. The second-order valence-electron chi connectivity index (χ2n) is 9.73. The van der Waals surface area contributed by atoms with Gasteiger partial charge in [0.05, 0.1) is 18.6 Å². The number of aliphatic carboxylic acids is 1. The number of hydrogen-bond donors (Lipinski definition) is 4. The highest BCUT2D eigenvalue weighted by Gasteiger charge is 2.42. The van der Waals surface area contributed by atoms with Gasteiger partial charge >= 0.3 is 5.97 Å². The molecule has 0 saturated carbocycles. The molecule has 1 fully saturated rings. The molecule has 36 heavy (non-hydrogen) atoms. The molecule has 1 unspecified atom stereocenters. The van der Waals surface area contributed by atoms with Gasteiger partial charge in [0, 0.05) is 30.6 Å². The minimum absolute atomic E-state index is 0.0599. The van der Waals surface area contributed by atoms with E-state index in [9.17, 15) is 14.4 Å². The first-order chi connectivity index (χ1) is 17.0. The smallest absolute Gasteiger partial charge is 0.303 e. The van der Waals surface area contributed by atoms with Crippen molar-refractivity contribution in [3.05, 3.63) is 65.2 Å². The van der Waals surface area contributed by atoms with E-state index in [0.29, 0.717) is 42.8 Å². The second-order valence-corrected chi connectivity index (χ2v) is 9.73. The highest BCUT2D eigenvalue weighted by atomic mass is 16.5. The first kappa shape index (κ1) is 26.7. The van der Waals surface area contributed by atoms with Crippen molar-refractivity contribution < 1.29 is 24.2 Å². The lowest BCUT2D eigenvalue weighted by molar-refractivity contribution is -0.144. The molecule has 3 rings (SSSR count). The lowest BCUT2D eigenvalue weighted by Crippen LogP contribution is -2.51. The van der Waals surface area contributed by atoms with Crippen LogP contribution in [0.4, 0.5) is 0 Å². The normalized spacial score (nSPS) is 15.1. The minimum Gasteiger partial charge on any atom is -0.497 e. The van der Waals surface area contributed by atoms with E-state index in [1.54, 1.807) is 48.4 Å². The summed E-state index contributed by atoms with van der Waals surface area (Å²) in [6.07, 6.45) is 1.38. The number of nitrogens with two attached hydrogens (primary N) is 1. The minimum atomic E-state index is -0.997. The number of carbonyl (C=O) groups is 3. The van der Waals surface area contributed by atoms with Gasteiger partial charge in [0.15, 0.2) is 0 Å². The van der Waals surface area contributed by atoms with Crippen LogP contribution in [-0.4, -0.2) is 53.8 Å². The van der Waals surface area contributed by atoms with E-state index in [2.05, 4.69) is 5.32 Å². The SMILES string of the molecule is COc1ccc(C(NC(=O)c2ccc(C(=N)N)cc2)C(C)(C)C(=O)N2CCC(CC(=O)O)CC2)cc1. The van der Waals surface area contributed by atoms with Gasteiger partial charge in [0.2, 0.25) is 5.91 Å². The van der Waals surface area contributed by atoms with Gasteiger partial charge in [-0.3, -0.25) is 19.8 Å². The number of ether oxygens (including phenoxy) is 1. The standard InChI is InChI=1S/C27H34N4O5/c1-27(2,26(35)31-14-12-17(13-15-31)16-22(32)33)23(18-8-10-21(36-3)11-9-18)30-25(34)20-6-4-19(5-7-20)24(28)29/h4-11,17,23H,12-16H2,1-3H3,(H3,28,29)(H,30,34)(H,32,33). The molecule has 0 spiro atoms. The maximum Gasteiger partial charge on any atom is 0.303 e. The van der Waals surface area contributed by atoms with Crippen LogP contribution in [-0.2, 0) is 9.59 Å². The van der Waals surface area contributed by atoms with Crippen molar-refractivity contribution >= 4 is 23.6 Å². The Balaban J connectivity index is 1.85. The number of rotatable bonds is 9. The van der Waals surface area contributed by atoms with Crippen molar-refractivity contribution in [1.29, 1.82) is 5.41 Å². The van der Waals surface area contributed by atoms with Crippen molar-refractivity contribution in [3.63, 3.8) is 0 Å². The summed E-state index contributed by atoms with van der Waals surface area (Å²) in [6.45, 7) is 4.59. The largest absolute Gasteiger partial charge is 0.497 e. The fraction of sp³-hybridized carbons (Fsp3) is 0.407. The Morgan fingerprint density at radius 3 is 2.14 bits per heavy atom. The number of nitrogens with one attached hydrogen (secondary N) is 2. The van der Waals surface area contributed by atoms with Crippen molar-refractivity contribution in [3.8, 4) is 5.75 Å². The zero-order chi connectivity index (χ0) is 26.5. The summed E-state index contributed by atoms with van der Waals surface area (Å²) in [5.41, 5.74) is 6.17. The molecule has 1 atom stereocenters. The monoisotopic (exact) mass is 494 g/mol. The lowest BCUT2D eigenvalue weighted by Gasteiger charge is -2.40. The molecule has 192 valence electrons. The molecule has 2 aromatic rings. The van der Waals surface area contributed by atoms with E-state index in [4.69, 9.17) is 21.0 Å². The molecule has 0 aliphatic carbocycles. The summed E-state index contributed by atoms with van der Waals surface area (Å²) in [7, 11) is 1.57. The Hall–Kier alpha value is -3.88. The number of carboxylic acid groups (broad SMARTS) is 1. The molecule has 1 saturated heterocycles. The van der Waals surface area contributed by atoms with Crippen LogP contribution in [0.25, 0.3) is 0 Å². The maximum absolute atomic E-state index is 13.7. The Morgan fingerprint density at radius 2 is 1.64 bits per heavy atom. The van der Waals surface area contributed by atoms with Gasteiger partial charge in [0.1, 0.15) is 11.6 Å². The van der Waals surface area contributed by atoms with Gasteiger partial charge in [0.25, 0.3) is 5.91 Å². The molecule has 0 aromatic heterocycles. The first-order valence-electron chi connectivity index (χ1n) is 11.9. The van der Waals surface area contributed by atoms with Crippen molar-refractivity contribution in [2.24, 2.45) is 17.1 Å². The van der Waals surface area contributed by atoms with Gasteiger partial charge in [-0.25, -0.2) is 0 Å². The van der Waals surface area contributed by atoms with Crippen LogP contribution in [0, 0.1) is 16.7 Å². The van der Waals surface area contributed by atoms with E-state index in [0.717, 1.165) is 5.56 Å². The summed E-state index contributed by atoms with van der Waals surface area (Å²) in [6, 6.07) is 13.0. The fourth-order valence-electron chi connectivity index (χ4n) is 4.61. The average Bonchev–Trinajstić information content (AvgIpc) is 2.86. The Labute approximate surface area is 211 Å². The molecule has 1 aliphatic rings. The number of nitrogens with zero attached hydrogens (tertiary/aromatic N) is 1. The Bertz CT molecular complexity index is 1100. The summed E-state index contributed by atoms with van der Waals surface area (Å²) in [5.74, 6) is -0.648. The van der Waals surface area contributed by atoms with Gasteiger partial charge < -0.3 is 25.8 Å². The van der Waals surface area contributed by atoms with Crippen LogP contribution in [0.15, 0.2) is 48.5 Å². The number of benzene rings is 2. The number of hydrogen-bond acceptors (Lipinski definition) is 5. The number of amides is 2. The molecule has 9 nitrogen and oxygen atoms in total. The van der Waals surface area contributed by atoms with Crippen molar-refractivity contribution in [1.82, 2.24) is 10.2 Å². The molecule has 1 heterocycles. The van der Waals surface area contributed by atoms with Crippen molar-refractivity contribution in [2.75, 3.05) is 20.2 Å². The summed E-state index contributed by atoms with van der Waals surface area (Å²) in [4.78, 5) is 39.8. The predicted octanol–water partition coefficient (Wildman–Crippen LogP) is 3.19. The second kappa shape index (κ2) is 11.2. The summed E-state index contributed by atoms with van der Waals surface area (Å²) >= 11 is 0. The van der Waals surface area contributed by atoms with Crippen LogP contribution in [0.5, 0.6) is 5.75 Å². The summed E-state index contributed by atoms with van der Waals surface area (Å²) < 4.78 is 5.26. The van der Waals surface area contributed by atoms with Crippen LogP contribution in [0.2, 0.25) is 0 Å². The topological polar surface area (TPSA) is 146 Å². The highest BCUT2D eigenvalue weighted by molar-refractivity contribution is 5.98. The molecular formula is C27H34N4O5. The number of carboxylic acids is 1. The molecule has 9 heteroatoms. The maximum atomic E-state index is 13.7. The molecule has 5 N–H and O–H groups in total. The first-order valence-corrected chi connectivity index (χ1v) is 11.9. The fourth-order valence-corrected chi connectivity index (χ4v) is 4.61. The average molecular weight is 495 g/mol. The number of carbonyl (C=O) groups excluding carboxylic acids is 2. The number of likely N-dealkylation sites (tertiary alicyclic amines) is 1. The zero-order valence-electron chi connectivity index (χ0n) is 20.9.